The first-order chi connectivity index (χ1) is 62.2. The van der Waals surface area contributed by atoms with E-state index in [9.17, 15) is 52.8 Å². The van der Waals surface area contributed by atoms with Gasteiger partial charge >= 0.3 is 5.97 Å². The molecule has 0 atom stereocenters. The number of nitrogens with zero attached hydrogens (tertiary/aromatic N) is 5. The monoisotopic (exact) mass is 1970 g/mol. The number of nitrogens with one attached hydrogen (secondary N) is 5. The average Bonchev–Trinajstić information content (AvgIpc) is 0.817. The first kappa shape index (κ1) is 93.8. The van der Waals surface area contributed by atoms with Crippen molar-refractivity contribution in [3.63, 3.8) is 0 Å². The molecule has 2 amide bonds. The minimum absolute atomic E-state index is 0.00178. The van der Waals surface area contributed by atoms with E-state index < -0.39 is 46.1 Å². The number of hydrogen-bond acceptors (Lipinski definition) is 17. The molecule has 0 aliphatic carbocycles. The van der Waals surface area contributed by atoms with Crippen molar-refractivity contribution in [1.29, 1.82) is 0 Å². The van der Waals surface area contributed by atoms with Crippen LogP contribution in [0.4, 0.5) is 22.7 Å². The minimum atomic E-state index is -4.01. The number of carbonyl (C=O) groups excluding carboxylic acids is 4. The number of pyridine rings is 4. The standard InChI is InChI=1S/C26H21Cl2N3O3S.C23H17Cl2N3O3S.C23H16Cl2N2O4S.C23H16Cl2N2O3S/c27-22-9-8-19(16-21(22)25-20-6-2-1-5-17(20)11-12-29-25)35(33,34)30-24-10-7-18(15-23(24)28)26(32)31-13-3-4-14-31;1-26-23(29)15-6-9-21(20(25)12-15)28-32(30,31)16-7-8-19(24)18(13-16)22-17-5-3-2-4-14(17)10-11-27-22;1-31-23(28)15-6-9-21(20(25)12-15)27-32(29,30)16-7-8-19(24)18(13-16)22-17-5-3-2-4-14(17)10-11-26-22;1-14(28)16-6-9-22(21(25)12-16)27-31(29,30)17-7-8-20(24)19(13-17)23-18-5-3-2-4-15(18)10-11-26-23/h1-2,5-12,15-16,30H,3-4,13-14H2;2-13,28H,1H3,(H,26,29);2-13,27H,1H3;2-13,27H,1H3. The van der Waals surface area contributed by atoms with Crippen LogP contribution < -0.4 is 24.2 Å². The predicted molar refractivity (Wildman–Crippen MR) is 518 cm³/mol. The Morgan fingerprint density at radius 1 is 0.323 bits per heavy atom. The number of Topliss-reactive ketones (excluding diaryl/α,β-unsaturated/α-hetero) is 1. The summed E-state index contributed by atoms with van der Waals surface area (Å²) in [7, 11) is -13.2. The summed E-state index contributed by atoms with van der Waals surface area (Å²) in [5.41, 5.74) is 6.29. The van der Waals surface area contributed by atoms with Crippen LogP contribution in [0, 0.1) is 0 Å². The van der Waals surface area contributed by atoms with Gasteiger partial charge in [0.2, 0.25) is 0 Å². The van der Waals surface area contributed by atoms with Gasteiger partial charge in [-0.15, -0.1) is 0 Å². The van der Waals surface area contributed by atoms with Gasteiger partial charge in [-0.2, -0.15) is 0 Å². The number of carbonyl (C=O) groups is 4. The fraction of sp³-hybridized carbons (Fsp3) is 0.0737. The number of rotatable bonds is 20. The molecule has 1 saturated heterocycles. The third-order valence-corrected chi connectivity index (χ3v) is 28.5. The van der Waals surface area contributed by atoms with E-state index >= 15 is 0 Å². The molecule has 5 N–H and O–H groups in total. The van der Waals surface area contributed by atoms with Crippen LogP contribution >= 0.6 is 92.8 Å². The number of anilines is 4. The lowest BCUT2D eigenvalue weighted by Crippen LogP contribution is -2.27. The molecule has 5 heterocycles. The molecule has 130 heavy (non-hydrogen) atoms. The molecule has 35 heteroatoms. The van der Waals surface area contributed by atoms with E-state index in [1.54, 1.807) is 35.8 Å². The molecule has 1 aliphatic heterocycles. The first-order valence-corrected chi connectivity index (χ1v) is 48.1. The Morgan fingerprint density at radius 2 is 0.592 bits per heavy atom. The number of benzene rings is 12. The van der Waals surface area contributed by atoms with Gasteiger partial charge in [-0.1, -0.05) is 190 Å². The van der Waals surface area contributed by atoms with Gasteiger partial charge in [0.25, 0.3) is 51.9 Å². The number of sulfonamides is 4. The lowest BCUT2D eigenvalue weighted by Gasteiger charge is -2.16. The number of aromatic nitrogens is 4. The van der Waals surface area contributed by atoms with Gasteiger partial charge in [0, 0.05) is 105 Å². The van der Waals surface area contributed by atoms with Crippen LogP contribution in [0.2, 0.25) is 40.2 Å². The quantitative estimate of drug-likeness (QED) is 0.0350. The molecular formula is C95H70Cl8N10O13S4. The van der Waals surface area contributed by atoms with Crippen molar-refractivity contribution in [2.24, 2.45) is 0 Å². The number of likely N-dealkylation sites (tertiary alicyclic amines) is 1. The van der Waals surface area contributed by atoms with Crippen LogP contribution in [0.1, 0.15) is 61.2 Å². The van der Waals surface area contributed by atoms with Crippen LogP contribution in [0.25, 0.3) is 88.1 Å². The number of ether oxygens (including phenoxy) is 1. The van der Waals surface area contributed by atoms with Crippen LogP contribution in [-0.2, 0) is 44.8 Å². The average molecular weight is 1970 g/mol. The summed E-state index contributed by atoms with van der Waals surface area (Å²) in [5, 5.41) is 11.7. The topological polar surface area (TPSA) is 329 Å². The molecule has 658 valence electrons. The van der Waals surface area contributed by atoms with E-state index in [1.807, 2.05) is 121 Å². The Kier molecular flexibility index (Phi) is 29.1. The number of hydrogen-bond donors (Lipinski definition) is 5. The first-order valence-electron chi connectivity index (χ1n) is 39.1. The van der Waals surface area contributed by atoms with Crippen LogP contribution in [-0.4, -0.2) is 109 Å². The maximum absolute atomic E-state index is 13.2. The highest BCUT2D eigenvalue weighted by molar-refractivity contribution is 7.93. The number of esters is 1. The zero-order valence-corrected chi connectivity index (χ0v) is 77.6. The summed E-state index contributed by atoms with van der Waals surface area (Å²) in [6.45, 7) is 2.84. The molecule has 0 saturated carbocycles. The highest BCUT2D eigenvalue weighted by atomic mass is 35.5. The maximum Gasteiger partial charge on any atom is 0.337 e. The smallest absolute Gasteiger partial charge is 0.337 e. The van der Waals surface area contributed by atoms with Crippen molar-refractivity contribution in [1.82, 2.24) is 30.2 Å². The van der Waals surface area contributed by atoms with Gasteiger partial charge in [-0.25, -0.2) is 38.5 Å². The Labute approximate surface area is 787 Å². The molecule has 4 aromatic heterocycles. The highest BCUT2D eigenvalue weighted by Gasteiger charge is 2.28. The second-order valence-corrected chi connectivity index (χ2v) is 38.9. The summed E-state index contributed by atoms with van der Waals surface area (Å²) >= 11 is 50.6. The van der Waals surface area contributed by atoms with Gasteiger partial charge in [-0.05, 0) is 211 Å². The fourth-order valence-electron chi connectivity index (χ4n) is 13.9. The minimum Gasteiger partial charge on any atom is -0.465 e. The van der Waals surface area contributed by atoms with E-state index in [4.69, 9.17) is 92.8 Å². The number of halogens is 8. The summed E-state index contributed by atoms with van der Waals surface area (Å²) in [4.78, 5) is 67.1. The molecule has 12 aromatic carbocycles. The summed E-state index contributed by atoms with van der Waals surface area (Å²) in [6.07, 6.45) is 8.59. The summed E-state index contributed by atoms with van der Waals surface area (Å²) in [6, 6.07) is 73.2. The Morgan fingerprint density at radius 3 is 0.885 bits per heavy atom. The molecule has 1 aliphatic rings. The second-order valence-electron chi connectivity index (χ2n) is 28.9. The number of amides is 2. The van der Waals surface area contributed by atoms with E-state index in [2.05, 4.69) is 48.9 Å². The third kappa shape index (κ3) is 21.4. The van der Waals surface area contributed by atoms with Gasteiger partial charge in [0.15, 0.2) is 5.78 Å². The van der Waals surface area contributed by atoms with E-state index in [1.165, 1.54) is 161 Å². The van der Waals surface area contributed by atoms with E-state index in [-0.39, 0.29) is 85.6 Å². The van der Waals surface area contributed by atoms with E-state index in [0.29, 0.717) is 81.8 Å². The van der Waals surface area contributed by atoms with Crippen LogP contribution in [0.3, 0.4) is 0 Å². The largest absolute Gasteiger partial charge is 0.465 e. The van der Waals surface area contributed by atoms with Crippen LogP contribution in [0.5, 0.6) is 0 Å². The molecule has 17 rings (SSSR count). The SMILES string of the molecule is CC(=O)c1ccc(NS(=O)(=O)c2ccc(Cl)c(-c3nccc4ccccc34)c2)c(Cl)c1.CNC(=O)c1ccc(NS(=O)(=O)c2ccc(Cl)c(-c3nccc4ccccc34)c2)c(Cl)c1.COC(=O)c1ccc(NS(=O)(=O)c2ccc(Cl)c(-c3nccc4ccccc34)c2)c(Cl)c1.O=C(c1ccc(NS(=O)(=O)c2ccc(Cl)c(-c3nccc4ccccc34)c2)c(Cl)c1)N1CCCC1. The Hall–Kier alpha value is -12.3. The molecule has 23 nitrogen and oxygen atoms in total. The lowest BCUT2D eigenvalue weighted by molar-refractivity contribution is 0.0600. The van der Waals surface area contributed by atoms with Crippen molar-refractivity contribution in [2.45, 2.75) is 39.3 Å². The fourth-order valence-corrected chi connectivity index (χ4v) is 20.3. The van der Waals surface area contributed by atoms with Gasteiger partial charge in [0.1, 0.15) is 0 Å². The number of methoxy groups -OCH3 is 1. The van der Waals surface area contributed by atoms with E-state index in [0.717, 1.165) is 69.0 Å². The van der Waals surface area contributed by atoms with Crippen molar-refractivity contribution in [2.75, 3.05) is 46.1 Å². The molecule has 0 bridgehead atoms. The molecular weight excluding hydrogens is 1900 g/mol. The molecule has 0 spiro atoms. The molecule has 0 unspecified atom stereocenters. The normalized spacial score (nSPS) is 12.0. The lowest BCUT2D eigenvalue weighted by atomic mass is 10.0. The van der Waals surface area contributed by atoms with Crippen LogP contribution in [0.15, 0.2) is 311 Å². The van der Waals surface area contributed by atoms with Gasteiger partial charge in [0.05, 0.1) is 118 Å². The summed E-state index contributed by atoms with van der Waals surface area (Å²) < 4.78 is 119. The zero-order valence-electron chi connectivity index (χ0n) is 68.2. The zero-order chi connectivity index (χ0) is 92.5. The Balaban J connectivity index is 0.000000140. The molecule has 0 radical (unpaired) electrons. The number of fused-ring (bicyclic) bond motifs is 4. The predicted octanol–water partition coefficient (Wildman–Crippen LogP) is 23.6. The highest BCUT2D eigenvalue weighted by Crippen LogP contribution is 2.41. The molecule has 16 aromatic rings. The Bertz CT molecular complexity index is 7450. The van der Waals surface area contributed by atoms with Crippen molar-refractivity contribution in [3.05, 3.63) is 354 Å². The number of ketones is 1. The summed E-state index contributed by atoms with van der Waals surface area (Å²) in [5.74, 6) is -1.18. The maximum atomic E-state index is 13.2. The van der Waals surface area contributed by atoms with Gasteiger partial charge < -0.3 is 15.0 Å². The van der Waals surface area contributed by atoms with Crippen molar-refractivity contribution >= 4 is 222 Å². The third-order valence-electron chi connectivity index (χ3n) is 20.5. The molecule has 1 fully saturated rings. The second kappa shape index (κ2) is 40.4. The van der Waals surface area contributed by atoms with Crippen molar-refractivity contribution < 1.29 is 57.6 Å². The van der Waals surface area contributed by atoms with Gasteiger partial charge in [-0.3, -0.25) is 53.2 Å². The van der Waals surface area contributed by atoms with Crippen molar-refractivity contribution in [3.8, 4) is 45.0 Å².